The number of carbonyl (C=O) groups is 1. The SMILES string of the molecule is Cc1c(F)cccc1NC(=O)c1cccc(C#N)c1. The van der Waals surface area contributed by atoms with Gasteiger partial charge in [-0.25, -0.2) is 4.39 Å². The molecule has 3 nitrogen and oxygen atoms in total. The largest absolute Gasteiger partial charge is 0.322 e. The van der Waals surface area contributed by atoms with Crippen LogP contribution in [0, 0.1) is 24.1 Å². The summed E-state index contributed by atoms with van der Waals surface area (Å²) in [5.41, 5.74) is 1.57. The first-order valence-electron chi connectivity index (χ1n) is 5.68. The topological polar surface area (TPSA) is 52.9 Å². The summed E-state index contributed by atoms with van der Waals surface area (Å²) in [5.74, 6) is -0.741. The highest BCUT2D eigenvalue weighted by molar-refractivity contribution is 6.04. The van der Waals surface area contributed by atoms with Gasteiger partial charge in [0.1, 0.15) is 5.82 Å². The molecule has 0 saturated heterocycles. The average molecular weight is 254 g/mol. The third kappa shape index (κ3) is 2.78. The van der Waals surface area contributed by atoms with Crippen LogP contribution in [0.2, 0.25) is 0 Å². The number of nitriles is 1. The number of benzene rings is 2. The first-order valence-corrected chi connectivity index (χ1v) is 5.68. The molecule has 0 spiro atoms. The minimum atomic E-state index is -0.372. The van der Waals surface area contributed by atoms with Crippen LogP contribution in [0.4, 0.5) is 10.1 Å². The third-order valence-electron chi connectivity index (χ3n) is 2.77. The summed E-state index contributed by atoms with van der Waals surface area (Å²) in [5, 5.41) is 11.4. The normalized spacial score (nSPS) is 9.74. The molecule has 0 bridgehead atoms. The van der Waals surface area contributed by atoms with Crippen LogP contribution in [0.1, 0.15) is 21.5 Å². The minimum Gasteiger partial charge on any atom is -0.322 e. The van der Waals surface area contributed by atoms with Crippen LogP contribution in [-0.4, -0.2) is 5.91 Å². The predicted molar refractivity (Wildman–Crippen MR) is 70.2 cm³/mol. The van der Waals surface area contributed by atoms with Crippen LogP contribution in [0.25, 0.3) is 0 Å². The van der Waals surface area contributed by atoms with Crippen molar-refractivity contribution in [3.05, 3.63) is 65.0 Å². The molecule has 2 aromatic carbocycles. The van der Waals surface area contributed by atoms with Gasteiger partial charge in [0.05, 0.1) is 11.6 Å². The van der Waals surface area contributed by atoms with Gasteiger partial charge in [0.2, 0.25) is 0 Å². The van der Waals surface area contributed by atoms with E-state index in [1.54, 1.807) is 31.2 Å². The maximum absolute atomic E-state index is 13.4. The Morgan fingerprint density at radius 2 is 2.00 bits per heavy atom. The van der Waals surface area contributed by atoms with Gasteiger partial charge >= 0.3 is 0 Å². The number of rotatable bonds is 2. The van der Waals surface area contributed by atoms with Crippen molar-refractivity contribution in [2.75, 3.05) is 5.32 Å². The maximum Gasteiger partial charge on any atom is 0.255 e. The zero-order valence-electron chi connectivity index (χ0n) is 10.3. The molecule has 0 aliphatic heterocycles. The predicted octanol–water partition coefficient (Wildman–Crippen LogP) is 3.26. The van der Waals surface area contributed by atoms with Gasteiger partial charge < -0.3 is 5.32 Å². The second-order valence-electron chi connectivity index (χ2n) is 4.06. The summed E-state index contributed by atoms with van der Waals surface area (Å²) in [7, 11) is 0. The van der Waals surface area contributed by atoms with Crippen LogP contribution in [0.5, 0.6) is 0 Å². The lowest BCUT2D eigenvalue weighted by Gasteiger charge is -2.09. The fourth-order valence-corrected chi connectivity index (χ4v) is 1.67. The molecule has 4 heteroatoms. The van der Waals surface area contributed by atoms with E-state index in [0.29, 0.717) is 22.4 Å². The molecule has 0 fully saturated rings. The Morgan fingerprint density at radius 1 is 1.26 bits per heavy atom. The Kier molecular flexibility index (Phi) is 3.58. The number of hydrogen-bond donors (Lipinski definition) is 1. The summed E-state index contributed by atoms with van der Waals surface area (Å²) < 4.78 is 13.4. The molecular weight excluding hydrogens is 243 g/mol. The molecule has 1 N–H and O–H groups in total. The number of nitrogens with zero attached hydrogens (tertiary/aromatic N) is 1. The molecule has 0 aliphatic rings. The summed E-state index contributed by atoms with van der Waals surface area (Å²) >= 11 is 0. The van der Waals surface area contributed by atoms with Crippen molar-refractivity contribution in [3.63, 3.8) is 0 Å². The van der Waals surface area contributed by atoms with Gasteiger partial charge in [-0.2, -0.15) is 5.26 Å². The highest BCUT2D eigenvalue weighted by atomic mass is 19.1. The monoisotopic (exact) mass is 254 g/mol. The van der Waals surface area contributed by atoms with E-state index in [4.69, 9.17) is 5.26 Å². The Balaban J connectivity index is 2.26. The van der Waals surface area contributed by atoms with Gasteiger partial charge in [-0.15, -0.1) is 0 Å². The van der Waals surface area contributed by atoms with Crippen molar-refractivity contribution in [1.29, 1.82) is 5.26 Å². The van der Waals surface area contributed by atoms with Gasteiger partial charge in [0.15, 0.2) is 0 Å². The fraction of sp³-hybridized carbons (Fsp3) is 0.0667. The van der Waals surface area contributed by atoms with E-state index in [9.17, 15) is 9.18 Å². The number of nitrogens with one attached hydrogen (secondary N) is 1. The van der Waals surface area contributed by atoms with Crippen molar-refractivity contribution in [1.82, 2.24) is 0 Å². The van der Waals surface area contributed by atoms with Crippen molar-refractivity contribution < 1.29 is 9.18 Å². The zero-order valence-corrected chi connectivity index (χ0v) is 10.3. The minimum absolute atomic E-state index is 0.364. The molecule has 0 radical (unpaired) electrons. The van der Waals surface area contributed by atoms with Gasteiger partial charge in [-0.05, 0) is 37.3 Å². The molecule has 19 heavy (non-hydrogen) atoms. The quantitative estimate of drug-likeness (QED) is 0.894. The van der Waals surface area contributed by atoms with Crippen molar-refractivity contribution >= 4 is 11.6 Å². The lowest BCUT2D eigenvalue weighted by molar-refractivity contribution is 0.102. The molecule has 2 rings (SSSR count). The standard InChI is InChI=1S/C15H11FN2O/c1-10-13(16)6-3-7-14(10)18-15(19)12-5-2-4-11(8-12)9-17/h2-8H,1H3,(H,18,19). The summed E-state index contributed by atoms with van der Waals surface area (Å²) in [6, 6.07) is 12.8. The van der Waals surface area contributed by atoms with Crippen LogP contribution in [0.15, 0.2) is 42.5 Å². The van der Waals surface area contributed by atoms with Crippen molar-refractivity contribution in [3.8, 4) is 6.07 Å². The smallest absolute Gasteiger partial charge is 0.255 e. The van der Waals surface area contributed by atoms with E-state index in [-0.39, 0.29) is 11.7 Å². The maximum atomic E-state index is 13.4. The van der Waals surface area contributed by atoms with Crippen LogP contribution in [-0.2, 0) is 0 Å². The average Bonchev–Trinajstić information content (AvgIpc) is 2.44. The van der Waals surface area contributed by atoms with Gasteiger partial charge in [0, 0.05) is 16.8 Å². The van der Waals surface area contributed by atoms with Crippen LogP contribution >= 0.6 is 0 Å². The molecule has 0 heterocycles. The fourth-order valence-electron chi connectivity index (χ4n) is 1.67. The summed E-state index contributed by atoms with van der Waals surface area (Å²) in [6.07, 6.45) is 0. The van der Waals surface area contributed by atoms with Crippen molar-refractivity contribution in [2.24, 2.45) is 0 Å². The summed E-state index contributed by atoms with van der Waals surface area (Å²) in [6.45, 7) is 1.59. The number of carbonyl (C=O) groups excluding carboxylic acids is 1. The van der Waals surface area contributed by atoms with E-state index in [2.05, 4.69) is 5.32 Å². The molecule has 0 saturated carbocycles. The first kappa shape index (κ1) is 12.8. The van der Waals surface area contributed by atoms with Gasteiger partial charge in [-0.1, -0.05) is 12.1 Å². The van der Waals surface area contributed by atoms with E-state index >= 15 is 0 Å². The Bertz CT molecular complexity index is 674. The third-order valence-corrected chi connectivity index (χ3v) is 2.77. The lowest BCUT2D eigenvalue weighted by Crippen LogP contribution is -2.13. The molecule has 0 aliphatic carbocycles. The van der Waals surface area contributed by atoms with Crippen LogP contribution < -0.4 is 5.32 Å². The first-order chi connectivity index (χ1) is 9.11. The van der Waals surface area contributed by atoms with E-state index < -0.39 is 0 Å². The molecule has 94 valence electrons. The molecule has 1 amide bonds. The molecule has 0 aromatic heterocycles. The second-order valence-corrected chi connectivity index (χ2v) is 4.06. The zero-order chi connectivity index (χ0) is 13.8. The lowest BCUT2D eigenvalue weighted by atomic mass is 10.1. The molecular formula is C15H11FN2O. The molecule has 0 atom stereocenters. The second kappa shape index (κ2) is 5.32. The van der Waals surface area contributed by atoms with Crippen LogP contribution in [0.3, 0.4) is 0 Å². The van der Waals surface area contributed by atoms with E-state index in [1.807, 2.05) is 6.07 Å². The summed E-state index contributed by atoms with van der Waals surface area (Å²) in [4.78, 5) is 12.0. The highest BCUT2D eigenvalue weighted by Gasteiger charge is 2.09. The van der Waals surface area contributed by atoms with Gasteiger partial charge in [-0.3, -0.25) is 4.79 Å². The van der Waals surface area contributed by atoms with E-state index in [0.717, 1.165) is 0 Å². The number of halogens is 1. The molecule has 0 unspecified atom stereocenters. The number of anilines is 1. The van der Waals surface area contributed by atoms with Crippen molar-refractivity contribution in [2.45, 2.75) is 6.92 Å². The Morgan fingerprint density at radius 3 is 2.74 bits per heavy atom. The Labute approximate surface area is 110 Å². The highest BCUT2D eigenvalue weighted by Crippen LogP contribution is 2.18. The van der Waals surface area contributed by atoms with Gasteiger partial charge in [0.25, 0.3) is 5.91 Å². The number of amides is 1. The molecule has 2 aromatic rings. The Hall–Kier alpha value is -2.67. The van der Waals surface area contributed by atoms with E-state index in [1.165, 1.54) is 18.2 Å². The number of hydrogen-bond acceptors (Lipinski definition) is 2.